The van der Waals surface area contributed by atoms with Crippen LogP contribution in [0, 0.1) is 5.41 Å². The molecule has 1 aromatic carbocycles. The van der Waals surface area contributed by atoms with E-state index in [0.29, 0.717) is 13.1 Å². The topological polar surface area (TPSA) is 67.1 Å². The van der Waals surface area contributed by atoms with Crippen molar-refractivity contribution >= 4 is 11.7 Å². The quantitative estimate of drug-likeness (QED) is 0.744. The van der Waals surface area contributed by atoms with E-state index < -0.39 is 0 Å². The summed E-state index contributed by atoms with van der Waals surface area (Å²) in [5.41, 5.74) is 6.69. The van der Waals surface area contributed by atoms with Crippen LogP contribution in [0.5, 0.6) is 0 Å². The maximum absolute atomic E-state index is 11.7. The van der Waals surface area contributed by atoms with Crippen LogP contribution < -0.4 is 16.4 Å². The number of carbonyl (C=O) groups excluding carboxylic acids is 1. The summed E-state index contributed by atoms with van der Waals surface area (Å²) in [6.45, 7) is 1.32. The largest absolute Gasteiger partial charge is 0.337 e. The van der Waals surface area contributed by atoms with Crippen LogP contribution in [0.2, 0.25) is 0 Å². The van der Waals surface area contributed by atoms with Gasteiger partial charge in [-0.3, -0.25) is 0 Å². The molecule has 4 heteroatoms. The molecule has 0 bridgehead atoms. The van der Waals surface area contributed by atoms with Crippen LogP contribution in [-0.2, 0) is 0 Å². The van der Waals surface area contributed by atoms with Crippen LogP contribution in [0.4, 0.5) is 10.5 Å². The fourth-order valence-corrected chi connectivity index (χ4v) is 2.09. The standard InChI is InChI=1S/C13H19N3O/c14-9-13(7-4-8-13)10-15-12(17)16-11-5-2-1-3-6-11/h1-3,5-6H,4,7-10,14H2,(H2,15,16,17). The molecule has 4 nitrogen and oxygen atoms in total. The summed E-state index contributed by atoms with van der Waals surface area (Å²) < 4.78 is 0. The Kier molecular flexibility index (Phi) is 3.64. The van der Waals surface area contributed by atoms with Crippen molar-refractivity contribution in [1.29, 1.82) is 0 Å². The Bertz CT molecular complexity index is 368. The number of carbonyl (C=O) groups is 1. The zero-order valence-corrected chi connectivity index (χ0v) is 9.91. The number of hydrogen-bond acceptors (Lipinski definition) is 2. The summed E-state index contributed by atoms with van der Waals surface area (Å²) in [7, 11) is 0. The van der Waals surface area contributed by atoms with Crippen molar-refractivity contribution in [1.82, 2.24) is 5.32 Å². The summed E-state index contributed by atoms with van der Waals surface area (Å²) in [6.07, 6.45) is 3.46. The van der Waals surface area contributed by atoms with E-state index in [1.807, 2.05) is 30.3 Å². The van der Waals surface area contributed by atoms with Crippen LogP contribution in [0.3, 0.4) is 0 Å². The van der Waals surface area contributed by atoms with E-state index in [-0.39, 0.29) is 11.4 Å². The first-order chi connectivity index (χ1) is 8.24. The molecular formula is C13H19N3O. The highest BCUT2D eigenvalue weighted by Gasteiger charge is 2.35. The number of benzene rings is 1. The van der Waals surface area contributed by atoms with Gasteiger partial charge in [-0.2, -0.15) is 0 Å². The van der Waals surface area contributed by atoms with E-state index >= 15 is 0 Å². The minimum absolute atomic E-state index is 0.147. The minimum Gasteiger partial charge on any atom is -0.337 e. The van der Waals surface area contributed by atoms with E-state index in [2.05, 4.69) is 10.6 Å². The van der Waals surface area contributed by atoms with Gasteiger partial charge in [0.2, 0.25) is 0 Å². The highest BCUT2D eigenvalue weighted by Crippen LogP contribution is 2.39. The molecule has 0 spiro atoms. The van der Waals surface area contributed by atoms with Gasteiger partial charge in [-0.1, -0.05) is 24.6 Å². The number of hydrogen-bond donors (Lipinski definition) is 3. The van der Waals surface area contributed by atoms with Crippen molar-refractivity contribution in [3.05, 3.63) is 30.3 Å². The first-order valence-corrected chi connectivity index (χ1v) is 6.04. The van der Waals surface area contributed by atoms with E-state index in [9.17, 15) is 4.79 Å². The lowest BCUT2D eigenvalue weighted by molar-refractivity contribution is 0.144. The maximum atomic E-state index is 11.7. The summed E-state index contributed by atoms with van der Waals surface area (Å²) in [4.78, 5) is 11.7. The molecule has 1 saturated carbocycles. The van der Waals surface area contributed by atoms with E-state index in [4.69, 9.17) is 5.73 Å². The van der Waals surface area contributed by atoms with E-state index in [1.165, 1.54) is 6.42 Å². The van der Waals surface area contributed by atoms with Crippen molar-refractivity contribution in [3.8, 4) is 0 Å². The lowest BCUT2D eigenvalue weighted by Crippen LogP contribution is -2.47. The Balaban J connectivity index is 1.78. The van der Waals surface area contributed by atoms with Gasteiger partial charge in [-0.15, -0.1) is 0 Å². The number of amides is 2. The van der Waals surface area contributed by atoms with E-state index in [1.54, 1.807) is 0 Å². The lowest BCUT2D eigenvalue weighted by Gasteiger charge is -2.40. The molecule has 0 aromatic heterocycles. The lowest BCUT2D eigenvalue weighted by atomic mass is 9.69. The first-order valence-electron chi connectivity index (χ1n) is 6.04. The molecular weight excluding hydrogens is 214 g/mol. The Morgan fingerprint density at radius 2 is 2.00 bits per heavy atom. The van der Waals surface area contributed by atoms with Crippen LogP contribution >= 0.6 is 0 Å². The number of para-hydroxylation sites is 1. The molecule has 2 amide bonds. The molecule has 0 saturated heterocycles. The third-order valence-electron chi connectivity index (χ3n) is 3.50. The van der Waals surface area contributed by atoms with Crippen molar-refractivity contribution in [2.24, 2.45) is 11.1 Å². The Morgan fingerprint density at radius 3 is 2.53 bits per heavy atom. The van der Waals surface area contributed by atoms with Crippen LogP contribution in [0.15, 0.2) is 30.3 Å². The summed E-state index contributed by atoms with van der Waals surface area (Å²) in [5, 5.41) is 5.69. The SMILES string of the molecule is NCC1(CNC(=O)Nc2ccccc2)CCC1. The Labute approximate surface area is 102 Å². The van der Waals surface area contributed by atoms with Gasteiger partial charge in [0.15, 0.2) is 0 Å². The highest BCUT2D eigenvalue weighted by molar-refractivity contribution is 5.89. The molecule has 92 valence electrons. The number of nitrogens with two attached hydrogens (primary N) is 1. The van der Waals surface area contributed by atoms with E-state index in [0.717, 1.165) is 18.5 Å². The third-order valence-corrected chi connectivity index (χ3v) is 3.50. The molecule has 0 unspecified atom stereocenters. The zero-order valence-electron chi connectivity index (χ0n) is 9.91. The molecule has 17 heavy (non-hydrogen) atoms. The predicted molar refractivity (Wildman–Crippen MR) is 68.8 cm³/mol. The minimum atomic E-state index is -0.157. The fraction of sp³-hybridized carbons (Fsp3) is 0.462. The predicted octanol–water partition coefficient (Wildman–Crippen LogP) is 1.94. The van der Waals surface area contributed by atoms with Gasteiger partial charge in [-0.05, 0) is 31.5 Å². The normalized spacial score (nSPS) is 17.0. The summed E-state index contributed by atoms with van der Waals surface area (Å²) in [5.74, 6) is 0. The fourth-order valence-electron chi connectivity index (χ4n) is 2.09. The second-order valence-corrected chi connectivity index (χ2v) is 4.73. The summed E-state index contributed by atoms with van der Waals surface area (Å²) in [6, 6.07) is 9.27. The molecule has 1 aliphatic carbocycles. The van der Waals surface area contributed by atoms with Crippen LogP contribution in [-0.4, -0.2) is 19.1 Å². The smallest absolute Gasteiger partial charge is 0.319 e. The third kappa shape index (κ3) is 2.97. The number of rotatable bonds is 4. The zero-order chi connectivity index (χ0) is 12.1. The average Bonchev–Trinajstić information content (AvgIpc) is 2.29. The first kappa shape index (κ1) is 11.9. The molecule has 1 aliphatic rings. The molecule has 1 fully saturated rings. The molecule has 0 aliphatic heterocycles. The molecule has 0 atom stereocenters. The van der Waals surface area contributed by atoms with Crippen molar-refractivity contribution in [2.45, 2.75) is 19.3 Å². The second-order valence-electron chi connectivity index (χ2n) is 4.73. The van der Waals surface area contributed by atoms with Crippen LogP contribution in [0.1, 0.15) is 19.3 Å². The van der Waals surface area contributed by atoms with Gasteiger partial charge in [0.1, 0.15) is 0 Å². The van der Waals surface area contributed by atoms with Crippen molar-refractivity contribution < 1.29 is 4.79 Å². The number of anilines is 1. The molecule has 0 radical (unpaired) electrons. The molecule has 1 aromatic rings. The van der Waals surface area contributed by atoms with Gasteiger partial charge in [0, 0.05) is 17.6 Å². The molecule has 0 heterocycles. The Hall–Kier alpha value is -1.55. The monoisotopic (exact) mass is 233 g/mol. The van der Waals surface area contributed by atoms with Crippen molar-refractivity contribution in [3.63, 3.8) is 0 Å². The van der Waals surface area contributed by atoms with Gasteiger partial charge < -0.3 is 16.4 Å². The molecule has 4 N–H and O–H groups in total. The number of nitrogens with one attached hydrogen (secondary N) is 2. The second kappa shape index (κ2) is 5.19. The maximum Gasteiger partial charge on any atom is 0.319 e. The van der Waals surface area contributed by atoms with Gasteiger partial charge in [0.25, 0.3) is 0 Å². The van der Waals surface area contributed by atoms with Gasteiger partial charge in [-0.25, -0.2) is 4.79 Å². The number of urea groups is 1. The highest BCUT2D eigenvalue weighted by atomic mass is 16.2. The average molecular weight is 233 g/mol. The van der Waals surface area contributed by atoms with Gasteiger partial charge >= 0.3 is 6.03 Å². The van der Waals surface area contributed by atoms with Crippen LogP contribution in [0.25, 0.3) is 0 Å². The van der Waals surface area contributed by atoms with Gasteiger partial charge in [0.05, 0.1) is 0 Å². The summed E-state index contributed by atoms with van der Waals surface area (Å²) >= 11 is 0. The van der Waals surface area contributed by atoms with Crippen molar-refractivity contribution in [2.75, 3.05) is 18.4 Å². The molecule has 2 rings (SSSR count). The Morgan fingerprint density at radius 1 is 1.29 bits per heavy atom.